The van der Waals surface area contributed by atoms with Gasteiger partial charge in [-0.25, -0.2) is 0 Å². The molecule has 4 aromatic carbocycles. The maximum absolute atomic E-state index is 12.7. The molecule has 0 aromatic heterocycles. The van der Waals surface area contributed by atoms with Gasteiger partial charge >= 0.3 is 0 Å². The monoisotopic (exact) mass is 464 g/mol. The average molecular weight is 465 g/mol. The number of Topliss-reactive ketones (excluding diaryl/α,β-unsaturated/α-hetero) is 2. The van der Waals surface area contributed by atoms with Gasteiger partial charge in [0.05, 0.1) is 0 Å². The average Bonchev–Trinajstić information content (AvgIpc) is 2.84. The minimum atomic E-state index is -0.0565. The van der Waals surface area contributed by atoms with Crippen LogP contribution in [-0.2, 0) is 19.3 Å². The molecule has 4 rings (SSSR count). The van der Waals surface area contributed by atoms with Crippen molar-refractivity contribution in [2.75, 3.05) is 0 Å². The van der Waals surface area contributed by atoms with Crippen LogP contribution in [0.5, 0.6) is 11.5 Å². The molecular formula is C31H28O4. The van der Waals surface area contributed by atoms with E-state index in [0.29, 0.717) is 28.7 Å². The topological polar surface area (TPSA) is 74.6 Å². The summed E-state index contributed by atoms with van der Waals surface area (Å²) in [5.41, 5.74) is 6.39. The number of rotatable bonds is 8. The van der Waals surface area contributed by atoms with Gasteiger partial charge in [-0.1, -0.05) is 83.9 Å². The molecule has 0 radical (unpaired) electrons. The second-order valence-electron chi connectivity index (χ2n) is 9.03. The fraction of sp³-hybridized carbons (Fsp3) is 0.161. The Bertz CT molecular complexity index is 1260. The van der Waals surface area contributed by atoms with Gasteiger partial charge in [-0.15, -0.1) is 0 Å². The molecule has 4 aromatic rings. The van der Waals surface area contributed by atoms with Crippen LogP contribution in [-0.4, -0.2) is 21.8 Å². The zero-order chi connectivity index (χ0) is 24.9. The number of phenolic OH excluding ortho intramolecular Hbond substituents is 2. The molecule has 0 heterocycles. The summed E-state index contributed by atoms with van der Waals surface area (Å²) in [6, 6.07) is 25.3. The van der Waals surface area contributed by atoms with Crippen molar-refractivity contribution >= 4 is 11.6 Å². The third-order valence-corrected chi connectivity index (χ3v) is 6.15. The van der Waals surface area contributed by atoms with E-state index in [0.717, 1.165) is 22.3 Å². The number of ketones is 2. The van der Waals surface area contributed by atoms with E-state index >= 15 is 0 Å². The molecule has 0 atom stereocenters. The molecule has 0 unspecified atom stereocenters. The quantitative estimate of drug-likeness (QED) is 0.307. The fourth-order valence-corrected chi connectivity index (χ4v) is 4.05. The predicted molar refractivity (Wildman–Crippen MR) is 137 cm³/mol. The van der Waals surface area contributed by atoms with Crippen molar-refractivity contribution in [3.8, 4) is 11.5 Å². The van der Waals surface area contributed by atoms with Crippen molar-refractivity contribution in [1.82, 2.24) is 0 Å². The molecule has 0 spiro atoms. The number of carbonyl (C=O) groups excluding carboxylic acids is 2. The highest BCUT2D eigenvalue weighted by atomic mass is 16.3. The predicted octanol–water partition coefficient (Wildman–Crippen LogP) is 6.16. The van der Waals surface area contributed by atoms with E-state index in [9.17, 15) is 19.8 Å². The summed E-state index contributed by atoms with van der Waals surface area (Å²) in [7, 11) is 0. The van der Waals surface area contributed by atoms with E-state index in [1.54, 1.807) is 36.4 Å². The third-order valence-electron chi connectivity index (χ3n) is 6.15. The lowest BCUT2D eigenvalue weighted by Gasteiger charge is -2.10. The summed E-state index contributed by atoms with van der Waals surface area (Å²) in [5.74, 6) is 0.0616. The van der Waals surface area contributed by atoms with E-state index in [1.807, 2.05) is 62.4 Å². The van der Waals surface area contributed by atoms with Crippen molar-refractivity contribution in [3.05, 3.63) is 129 Å². The highest BCUT2D eigenvalue weighted by molar-refractivity contribution is 5.98. The van der Waals surface area contributed by atoms with Crippen LogP contribution < -0.4 is 0 Å². The van der Waals surface area contributed by atoms with Crippen LogP contribution >= 0.6 is 0 Å². The van der Waals surface area contributed by atoms with Gasteiger partial charge in [0, 0.05) is 35.1 Å². The second kappa shape index (κ2) is 10.4. The van der Waals surface area contributed by atoms with E-state index in [1.165, 1.54) is 0 Å². The molecule has 0 bridgehead atoms. The fourth-order valence-electron chi connectivity index (χ4n) is 4.05. The van der Waals surface area contributed by atoms with Gasteiger partial charge in [-0.05, 0) is 43.5 Å². The van der Waals surface area contributed by atoms with Crippen LogP contribution in [0.2, 0.25) is 0 Å². The SMILES string of the molecule is Cc1ccc(C(=O)Cc2cc(Cc3ccc(O)c(CC(=O)c4ccc(C)cc4)c3)ccc2O)cc1. The Balaban J connectivity index is 1.50. The Hall–Kier alpha value is -4.18. The van der Waals surface area contributed by atoms with Gasteiger partial charge in [0.25, 0.3) is 0 Å². The van der Waals surface area contributed by atoms with E-state index in [2.05, 4.69) is 0 Å². The number of phenols is 2. The lowest BCUT2D eigenvalue weighted by Crippen LogP contribution is -2.05. The van der Waals surface area contributed by atoms with E-state index in [4.69, 9.17) is 0 Å². The maximum Gasteiger partial charge on any atom is 0.167 e. The van der Waals surface area contributed by atoms with Gasteiger partial charge in [0.2, 0.25) is 0 Å². The maximum atomic E-state index is 12.7. The Morgan fingerprint density at radius 2 is 0.943 bits per heavy atom. The molecule has 0 aliphatic carbocycles. The first-order valence-electron chi connectivity index (χ1n) is 11.6. The lowest BCUT2D eigenvalue weighted by atomic mass is 9.95. The van der Waals surface area contributed by atoms with Crippen LogP contribution in [0.4, 0.5) is 0 Å². The van der Waals surface area contributed by atoms with Crippen molar-refractivity contribution in [1.29, 1.82) is 0 Å². The molecule has 0 saturated carbocycles. The van der Waals surface area contributed by atoms with Crippen molar-refractivity contribution < 1.29 is 19.8 Å². The van der Waals surface area contributed by atoms with Gasteiger partial charge in [0.15, 0.2) is 11.6 Å². The molecule has 0 saturated heterocycles. The van der Waals surface area contributed by atoms with Gasteiger partial charge < -0.3 is 10.2 Å². The first-order valence-corrected chi connectivity index (χ1v) is 11.6. The van der Waals surface area contributed by atoms with Crippen molar-refractivity contribution in [2.45, 2.75) is 33.1 Å². The highest BCUT2D eigenvalue weighted by Crippen LogP contribution is 2.25. The Kier molecular flexibility index (Phi) is 7.11. The molecule has 4 nitrogen and oxygen atoms in total. The van der Waals surface area contributed by atoms with Crippen molar-refractivity contribution in [2.24, 2.45) is 0 Å². The number of hydrogen-bond donors (Lipinski definition) is 2. The summed E-state index contributed by atoms with van der Waals surface area (Å²) in [6.45, 7) is 3.94. The van der Waals surface area contributed by atoms with Crippen molar-refractivity contribution in [3.63, 3.8) is 0 Å². The van der Waals surface area contributed by atoms with Crippen LogP contribution in [0.25, 0.3) is 0 Å². The van der Waals surface area contributed by atoms with E-state index < -0.39 is 0 Å². The molecule has 35 heavy (non-hydrogen) atoms. The van der Waals surface area contributed by atoms with E-state index in [-0.39, 0.29) is 35.9 Å². The third kappa shape index (κ3) is 6.04. The minimum Gasteiger partial charge on any atom is -0.508 e. The summed E-state index contributed by atoms with van der Waals surface area (Å²) in [5, 5.41) is 20.6. The lowest BCUT2D eigenvalue weighted by molar-refractivity contribution is 0.0984. The minimum absolute atomic E-state index is 0.0565. The largest absolute Gasteiger partial charge is 0.508 e. The zero-order valence-corrected chi connectivity index (χ0v) is 19.9. The van der Waals surface area contributed by atoms with Crippen LogP contribution in [0, 0.1) is 13.8 Å². The zero-order valence-electron chi connectivity index (χ0n) is 19.9. The second-order valence-corrected chi connectivity index (χ2v) is 9.03. The van der Waals surface area contributed by atoms with Crippen LogP contribution in [0.1, 0.15) is 54.1 Å². The normalized spacial score (nSPS) is 10.8. The first-order chi connectivity index (χ1) is 16.8. The molecule has 0 fully saturated rings. The molecule has 4 heteroatoms. The first kappa shape index (κ1) is 24.0. The molecular weight excluding hydrogens is 436 g/mol. The summed E-state index contributed by atoms with van der Waals surface area (Å²) in [4.78, 5) is 25.4. The Labute approximate surface area is 205 Å². The number of hydrogen-bond acceptors (Lipinski definition) is 4. The Morgan fingerprint density at radius 3 is 1.31 bits per heavy atom. The van der Waals surface area contributed by atoms with Gasteiger partial charge in [-0.2, -0.15) is 0 Å². The molecule has 0 aliphatic heterocycles. The summed E-state index contributed by atoms with van der Waals surface area (Å²) < 4.78 is 0. The smallest absolute Gasteiger partial charge is 0.167 e. The number of carbonyl (C=O) groups is 2. The molecule has 176 valence electrons. The number of benzene rings is 4. The van der Waals surface area contributed by atoms with Crippen LogP contribution in [0.15, 0.2) is 84.9 Å². The molecule has 0 amide bonds. The summed E-state index contributed by atoms with van der Waals surface area (Å²) in [6.07, 6.45) is 0.751. The molecule has 2 N–H and O–H groups in total. The number of aromatic hydroxyl groups is 2. The standard InChI is InChI=1S/C31H28O4/c1-20-3-9-24(10-4-20)30(34)18-26-16-22(7-13-28(26)32)15-23-8-14-29(33)27(17-23)19-31(35)25-11-5-21(2)6-12-25/h3-14,16-17,32-33H,15,18-19H2,1-2H3. The van der Waals surface area contributed by atoms with Crippen LogP contribution in [0.3, 0.4) is 0 Å². The highest BCUT2D eigenvalue weighted by Gasteiger charge is 2.14. The summed E-state index contributed by atoms with van der Waals surface area (Å²) >= 11 is 0. The Morgan fingerprint density at radius 1 is 0.571 bits per heavy atom. The molecule has 0 aliphatic rings. The van der Waals surface area contributed by atoms with Gasteiger partial charge in [0.1, 0.15) is 11.5 Å². The van der Waals surface area contributed by atoms with Gasteiger partial charge in [-0.3, -0.25) is 9.59 Å². The number of aryl methyl sites for hydroxylation is 2.